The second-order valence-corrected chi connectivity index (χ2v) is 5.03. The second kappa shape index (κ2) is 6.22. The lowest BCUT2D eigenvalue weighted by molar-refractivity contribution is -0.384. The molecule has 7 nitrogen and oxygen atoms in total. The fraction of sp³-hybridized carbons (Fsp3) is 0.429. The van der Waals surface area contributed by atoms with E-state index in [0.29, 0.717) is 18.8 Å². The second-order valence-electron chi connectivity index (χ2n) is 5.03. The molecule has 0 bridgehead atoms. The number of amides is 1. The lowest BCUT2D eigenvalue weighted by atomic mass is 10.0. The quantitative estimate of drug-likeness (QED) is 0.672. The molecule has 1 aromatic carbocycles. The summed E-state index contributed by atoms with van der Waals surface area (Å²) in [6.07, 6.45) is 1.49. The number of rotatable bonds is 3. The maximum absolute atomic E-state index is 11.2. The zero-order valence-corrected chi connectivity index (χ0v) is 11.7. The molecule has 7 heteroatoms. The third-order valence-corrected chi connectivity index (χ3v) is 3.54. The van der Waals surface area contributed by atoms with E-state index < -0.39 is 4.92 Å². The van der Waals surface area contributed by atoms with Gasteiger partial charge in [-0.2, -0.15) is 5.26 Å². The van der Waals surface area contributed by atoms with Gasteiger partial charge in [-0.25, -0.2) is 0 Å². The molecule has 1 aliphatic rings. The fourth-order valence-electron chi connectivity index (χ4n) is 2.56. The first-order chi connectivity index (χ1) is 10.0. The zero-order valence-electron chi connectivity index (χ0n) is 11.7. The molecule has 0 aromatic heterocycles. The number of nitro groups is 1. The topological polar surface area (TPSA) is 99.3 Å². The smallest absolute Gasteiger partial charge is 0.293 e. The van der Waals surface area contributed by atoms with E-state index in [2.05, 4.69) is 5.32 Å². The number of piperidine rings is 1. The highest BCUT2D eigenvalue weighted by molar-refractivity contribution is 5.73. The van der Waals surface area contributed by atoms with Gasteiger partial charge in [0.2, 0.25) is 5.91 Å². The van der Waals surface area contributed by atoms with Crippen molar-refractivity contribution in [2.75, 3.05) is 18.0 Å². The Hall–Kier alpha value is -2.62. The maximum Gasteiger partial charge on any atom is 0.293 e. The van der Waals surface area contributed by atoms with Crippen LogP contribution in [-0.2, 0) is 4.79 Å². The van der Waals surface area contributed by atoms with Crippen LogP contribution in [0, 0.1) is 21.4 Å². The molecule has 1 aromatic rings. The average molecular weight is 288 g/mol. The van der Waals surface area contributed by atoms with E-state index in [1.165, 1.54) is 13.0 Å². The van der Waals surface area contributed by atoms with Gasteiger partial charge in [-0.15, -0.1) is 0 Å². The molecular weight excluding hydrogens is 272 g/mol. The molecule has 1 saturated heterocycles. The summed E-state index contributed by atoms with van der Waals surface area (Å²) in [5.41, 5.74) is 0.755. The molecule has 0 saturated carbocycles. The summed E-state index contributed by atoms with van der Waals surface area (Å²) in [5, 5.41) is 22.9. The standard InChI is InChI=1S/C14H16N4O3/c1-10(19)16-12-4-6-17(7-5-12)13-3-2-11(9-15)8-14(13)18(20)21/h2-3,8,12H,4-7H2,1H3,(H,16,19). The molecule has 1 N–H and O–H groups in total. The van der Waals surface area contributed by atoms with Gasteiger partial charge < -0.3 is 10.2 Å². The number of hydrogen-bond donors (Lipinski definition) is 1. The molecule has 1 aliphatic heterocycles. The number of nitriles is 1. The molecule has 0 radical (unpaired) electrons. The number of nitrogens with zero attached hydrogens (tertiary/aromatic N) is 3. The Morgan fingerprint density at radius 2 is 2.14 bits per heavy atom. The number of anilines is 1. The van der Waals surface area contributed by atoms with Crippen molar-refractivity contribution in [3.8, 4) is 6.07 Å². The number of nitro benzene ring substituents is 1. The Kier molecular flexibility index (Phi) is 4.38. The van der Waals surface area contributed by atoms with Crippen LogP contribution in [-0.4, -0.2) is 30.0 Å². The van der Waals surface area contributed by atoms with Crippen LogP contribution >= 0.6 is 0 Å². The Bertz CT molecular complexity index is 601. The molecule has 1 heterocycles. The van der Waals surface area contributed by atoms with Crippen molar-refractivity contribution in [2.24, 2.45) is 0 Å². The van der Waals surface area contributed by atoms with Gasteiger partial charge in [-0.05, 0) is 25.0 Å². The van der Waals surface area contributed by atoms with E-state index in [0.717, 1.165) is 12.8 Å². The van der Waals surface area contributed by atoms with E-state index in [9.17, 15) is 14.9 Å². The Balaban J connectivity index is 2.15. The molecule has 110 valence electrons. The van der Waals surface area contributed by atoms with Gasteiger partial charge in [0.25, 0.3) is 5.69 Å². The number of nitrogens with one attached hydrogen (secondary N) is 1. The van der Waals surface area contributed by atoms with E-state index in [1.54, 1.807) is 12.1 Å². The minimum absolute atomic E-state index is 0.0490. The highest BCUT2D eigenvalue weighted by atomic mass is 16.6. The molecule has 0 spiro atoms. The van der Waals surface area contributed by atoms with Crippen LogP contribution in [0.1, 0.15) is 25.3 Å². The van der Waals surface area contributed by atoms with Gasteiger partial charge >= 0.3 is 0 Å². The van der Waals surface area contributed by atoms with Crippen LogP contribution in [0.15, 0.2) is 18.2 Å². The SMILES string of the molecule is CC(=O)NC1CCN(c2ccc(C#N)cc2[N+](=O)[O-])CC1. The van der Waals surface area contributed by atoms with Crippen LogP contribution in [0.4, 0.5) is 11.4 Å². The summed E-state index contributed by atoms with van der Waals surface area (Å²) >= 11 is 0. The normalized spacial score (nSPS) is 15.3. The van der Waals surface area contributed by atoms with Gasteiger partial charge in [-0.1, -0.05) is 0 Å². The van der Waals surface area contributed by atoms with Crippen molar-refractivity contribution in [1.29, 1.82) is 5.26 Å². The van der Waals surface area contributed by atoms with Crippen LogP contribution in [0.3, 0.4) is 0 Å². The summed E-state index contributed by atoms with van der Waals surface area (Å²) in [7, 11) is 0. The molecule has 1 amide bonds. The number of carbonyl (C=O) groups is 1. The molecule has 0 aliphatic carbocycles. The van der Waals surface area contributed by atoms with Gasteiger partial charge in [-0.3, -0.25) is 14.9 Å². The largest absolute Gasteiger partial charge is 0.366 e. The van der Waals surface area contributed by atoms with Crippen molar-refractivity contribution in [2.45, 2.75) is 25.8 Å². The van der Waals surface area contributed by atoms with Crippen molar-refractivity contribution in [3.63, 3.8) is 0 Å². The van der Waals surface area contributed by atoms with Crippen molar-refractivity contribution in [1.82, 2.24) is 5.32 Å². The Morgan fingerprint density at radius 1 is 1.48 bits per heavy atom. The van der Waals surface area contributed by atoms with E-state index in [1.807, 2.05) is 11.0 Å². The van der Waals surface area contributed by atoms with Gasteiger partial charge in [0.15, 0.2) is 0 Å². The third-order valence-electron chi connectivity index (χ3n) is 3.54. The van der Waals surface area contributed by atoms with Gasteiger partial charge in [0, 0.05) is 32.1 Å². The summed E-state index contributed by atoms with van der Waals surface area (Å²) in [6.45, 7) is 2.76. The fourth-order valence-corrected chi connectivity index (χ4v) is 2.56. The summed E-state index contributed by atoms with van der Waals surface area (Å²) in [4.78, 5) is 23.7. The predicted octanol–water partition coefficient (Wildman–Crippen LogP) is 1.57. The highest BCUT2D eigenvalue weighted by Crippen LogP contribution is 2.31. The monoisotopic (exact) mass is 288 g/mol. The van der Waals surface area contributed by atoms with Gasteiger partial charge in [0.1, 0.15) is 5.69 Å². The number of hydrogen-bond acceptors (Lipinski definition) is 5. The van der Waals surface area contributed by atoms with E-state index in [4.69, 9.17) is 5.26 Å². The first-order valence-electron chi connectivity index (χ1n) is 6.72. The van der Waals surface area contributed by atoms with Crippen molar-refractivity contribution < 1.29 is 9.72 Å². The highest BCUT2D eigenvalue weighted by Gasteiger charge is 2.25. The first-order valence-corrected chi connectivity index (χ1v) is 6.72. The molecule has 1 fully saturated rings. The van der Waals surface area contributed by atoms with E-state index >= 15 is 0 Å². The molecule has 21 heavy (non-hydrogen) atoms. The lowest BCUT2D eigenvalue weighted by Crippen LogP contribution is -2.44. The summed E-state index contributed by atoms with van der Waals surface area (Å²) in [6, 6.07) is 6.54. The van der Waals surface area contributed by atoms with Gasteiger partial charge in [0.05, 0.1) is 16.6 Å². The van der Waals surface area contributed by atoms with Crippen LogP contribution in [0.5, 0.6) is 0 Å². The van der Waals surface area contributed by atoms with Crippen molar-refractivity contribution in [3.05, 3.63) is 33.9 Å². The number of benzene rings is 1. The minimum Gasteiger partial charge on any atom is -0.366 e. The lowest BCUT2D eigenvalue weighted by Gasteiger charge is -2.33. The van der Waals surface area contributed by atoms with Crippen molar-refractivity contribution >= 4 is 17.3 Å². The molecule has 0 atom stereocenters. The zero-order chi connectivity index (χ0) is 15.4. The summed E-state index contributed by atoms with van der Waals surface area (Å²) in [5.74, 6) is -0.0576. The Morgan fingerprint density at radius 3 is 2.67 bits per heavy atom. The van der Waals surface area contributed by atoms with Crippen LogP contribution in [0.2, 0.25) is 0 Å². The maximum atomic E-state index is 11.2. The third kappa shape index (κ3) is 3.48. The molecular formula is C14H16N4O3. The first kappa shape index (κ1) is 14.8. The minimum atomic E-state index is -0.462. The summed E-state index contributed by atoms with van der Waals surface area (Å²) < 4.78 is 0. The Labute approximate surface area is 122 Å². The van der Waals surface area contributed by atoms with E-state index in [-0.39, 0.29) is 23.2 Å². The predicted molar refractivity (Wildman–Crippen MR) is 76.9 cm³/mol. The number of carbonyl (C=O) groups excluding carboxylic acids is 1. The molecule has 0 unspecified atom stereocenters. The molecule has 2 rings (SSSR count). The average Bonchev–Trinajstić information content (AvgIpc) is 2.47. The van der Waals surface area contributed by atoms with Crippen LogP contribution < -0.4 is 10.2 Å². The van der Waals surface area contributed by atoms with Crippen LogP contribution in [0.25, 0.3) is 0 Å².